The average molecular weight is 434 g/mol. The molecule has 5 N–H and O–H groups in total. The Morgan fingerprint density at radius 3 is 2.63 bits per heavy atom. The molecule has 1 amide bonds. The van der Waals surface area contributed by atoms with Crippen molar-refractivity contribution in [1.82, 2.24) is 4.98 Å². The highest BCUT2D eigenvalue weighted by atomic mass is 32.1. The average Bonchev–Trinajstić information content (AvgIpc) is 3.17. The smallest absolute Gasteiger partial charge is 0.255 e. The molecule has 0 unspecified atom stereocenters. The van der Waals surface area contributed by atoms with E-state index in [0.29, 0.717) is 15.2 Å². The molecule has 8 nitrogen and oxygen atoms in total. The van der Waals surface area contributed by atoms with Crippen LogP contribution >= 0.6 is 11.3 Å². The van der Waals surface area contributed by atoms with Crippen molar-refractivity contribution >= 4 is 33.1 Å². The van der Waals surface area contributed by atoms with Crippen molar-refractivity contribution in [2.45, 2.75) is 30.5 Å². The van der Waals surface area contributed by atoms with E-state index in [1.165, 1.54) is 35.6 Å². The van der Waals surface area contributed by atoms with Crippen LogP contribution in [0.3, 0.4) is 0 Å². The monoisotopic (exact) mass is 434 g/mol. The molecule has 1 aromatic heterocycles. The number of aliphatic hydroxyl groups is 4. The number of hydrogen-bond donors (Lipinski definition) is 5. The quantitative estimate of drug-likeness (QED) is 0.417. The zero-order valence-corrected chi connectivity index (χ0v) is 16.3. The summed E-state index contributed by atoms with van der Waals surface area (Å²) in [4.78, 5) is 16.9. The number of thiazole rings is 1. The van der Waals surface area contributed by atoms with Crippen LogP contribution in [0.4, 0.5) is 10.1 Å². The van der Waals surface area contributed by atoms with Gasteiger partial charge in [-0.1, -0.05) is 12.1 Å². The number of hydrogen-bond acceptors (Lipinski definition) is 8. The number of carbonyl (C=O) groups is 1. The molecule has 0 saturated carbocycles. The van der Waals surface area contributed by atoms with Gasteiger partial charge in [-0.2, -0.15) is 0 Å². The Morgan fingerprint density at radius 2 is 1.90 bits per heavy atom. The summed E-state index contributed by atoms with van der Waals surface area (Å²) in [5.41, 5.74) is 0.771. The summed E-state index contributed by atoms with van der Waals surface area (Å²) in [6.07, 6.45) is -6.48. The molecule has 2 aromatic carbocycles. The van der Waals surface area contributed by atoms with Crippen LogP contribution in [0.5, 0.6) is 0 Å². The van der Waals surface area contributed by atoms with E-state index in [9.17, 15) is 29.6 Å². The van der Waals surface area contributed by atoms with Crippen molar-refractivity contribution in [3.05, 3.63) is 58.9 Å². The lowest BCUT2D eigenvalue weighted by atomic mass is 9.95. The molecule has 1 saturated heterocycles. The van der Waals surface area contributed by atoms with Crippen LogP contribution in [0, 0.1) is 5.82 Å². The Kier molecular flexibility index (Phi) is 5.78. The van der Waals surface area contributed by atoms with Gasteiger partial charge in [0, 0.05) is 5.56 Å². The lowest BCUT2D eigenvalue weighted by Gasteiger charge is -2.39. The third kappa shape index (κ3) is 3.81. The largest absolute Gasteiger partial charge is 0.394 e. The number of fused-ring (bicyclic) bond motifs is 1. The summed E-state index contributed by atoms with van der Waals surface area (Å²) in [6, 6.07) is 10.6. The number of rotatable bonds is 4. The molecule has 10 heteroatoms. The van der Waals surface area contributed by atoms with E-state index in [1.54, 1.807) is 18.2 Å². The van der Waals surface area contributed by atoms with Crippen molar-refractivity contribution in [1.29, 1.82) is 0 Å². The van der Waals surface area contributed by atoms with Gasteiger partial charge in [-0.25, -0.2) is 9.37 Å². The predicted octanol–water partition coefficient (Wildman–Crippen LogP) is 1.20. The Hall–Kier alpha value is -2.47. The van der Waals surface area contributed by atoms with E-state index in [0.717, 1.165) is 0 Å². The topological polar surface area (TPSA) is 132 Å². The molecule has 0 radical (unpaired) electrons. The number of nitrogens with zero attached hydrogens (tertiary/aromatic N) is 1. The third-order valence-electron chi connectivity index (χ3n) is 4.92. The van der Waals surface area contributed by atoms with E-state index in [-0.39, 0.29) is 11.3 Å². The van der Waals surface area contributed by atoms with Gasteiger partial charge in [0.2, 0.25) is 0 Å². The number of ether oxygens (including phenoxy) is 1. The van der Waals surface area contributed by atoms with Gasteiger partial charge in [0.1, 0.15) is 41.3 Å². The van der Waals surface area contributed by atoms with E-state index in [1.807, 2.05) is 0 Å². The van der Waals surface area contributed by atoms with Crippen LogP contribution in [0.25, 0.3) is 10.2 Å². The molecular weight excluding hydrogens is 415 g/mol. The highest BCUT2D eigenvalue weighted by Crippen LogP contribution is 2.36. The third-order valence-corrected chi connectivity index (χ3v) is 6.02. The summed E-state index contributed by atoms with van der Waals surface area (Å²) >= 11 is 1.19. The zero-order valence-electron chi connectivity index (χ0n) is 15.5. The second-order valence-corrected chi connectivity index (χ2v) is 7.98. The van der Waals surface area contributed by atoms with Crippen molar-refractivity contribution in [3.63, 3.8) is 0 Å². The molecule has 0 spiro atoms. The zero-order chi connectivity index (χ0) is 21.4. The number of aromatic nitrogens is 1. The number of anilines is 1. The maximum atomic E-state index is 13.8. The number of amides is 1. The molecule has 0 bridgehead atoms. The summed E-state index contributed by atoms with van der Waals surface area (Å²) in [7, 11) is 0. The second kappa shape index (κ2) is 8.34. The highest BCUT2D eigenvalue weighted by Gasteiger charge is 2.45. The van der Waals surface area contributed by atoms with Crippen LogP contribution in [-0.4, -0.2) is 62.3 Å². The Balaban J connectivity index is 1.59. The van der Waals surface area contributed by atoms with Crippen LogP contribution in [0.1, 0.15) is 21.5 Å². The molecule has 5 atom stereocenters. The molecule has 1 aliphatic heterocycles. The van der Waals surface area contributed by atoms with Gasteiger partial charge in [-0.15, -0.1) is 11.3 Å². The van der Waals surface area contributed by atoms with Gasteiger partial charge >= 0.3 is 0 Å². The summed E-state index contributed by atoms with van der Waals surface area (Å²) < 4.78 is 20.0. The molecule has 3 aromatic rings. The number of carbonyl (C=O) groups excluding carboxylic acids is 1. The minimum Gasteiger partial charge on any atom is -0.394 e. The van der Waals surface area contributed by atoms with Crippen LogP contribution in [-0.2, 0) is 4.74 Å². The Morgan fingerprint density at radius 1 is 1.13 bits per heavy atom. The molecule has 2 heterocycles. The predicted molar refractivity (Wildman–Crippen MR) is 107 cm³/mol. The highest BCUT2D eigenvalue weighted by molar-refractivity contribution is 7.18. The fraction of sp³-hybridized carbons (Fsp3) is 0.300. The first kappa shape index (κ1) is 20.8. The number of halogens is 1. The maximum absolute atomic E-state index is 13.8. The van der Waals surface area contributed by atoms with E-state index in [4.69, 9.17) is 4.74 Å². The second-order valence-electron chi connectivity index (χ2n) is 6.92. The van der Waals surface area contributed by atoms with Gasteiger partial charge in [0.25, 0.3) is 5.91 Å². The van der Waals surface area contributed by atoms with Gasteiger partial charge in [-0.05, 0) is 30.3 Å². The van der Waals surface area contributed by atoms with Crippen molar-refractivity contribution in [2.24, 2.45) is 0 Å². The molecule has 0 aliphatic carbocycles. The number of para-hydroxylation sites is 1. The van der Waals surface area contributed by atoms with E-state index in [2.05, 4.69) is 10.3 Å². The number of nitrogens with one attached hydrogen (secondary N) is 1. The van der Waals surface area contributed by atoms with E-state index >= 15 is 0 Å². The first-order valence-electron chi connectivity index (χ1n) is 9.16. The fourth-order valence-corrected chi connectivity index (χ4v) is 4.30. The molecule has 4 rings (SSSR count). The lowest BCUT2D eigenvalue weighted by Crippen LogP contribution is -2.55. The minimum atomic E-state index is -1.50. The van der Waals surface area contributed by atoms with Gasteiger partial charge < -0.3 is 30.5 Å². The fourth-order valence-electron chi connectivity index (χ4n) is 3.27. The molecule has 158 valence electrons. The Bertz CT molecular complexity index is 1070. The summed E-state index contributed by atoms with van der Waals surface area (Å²) in [5, 5.41) is 42.4. The van der Waals surface area contributed by atoms with Gasteiger partial charge in [0.05, 0.1) is 22.5 Å². The van der Waals surface area contributed by atoms with Crippen molar-refractivity contribution in [2.75, 3.05) is 11.9 Å². The SMILES string of the molecule is O=C(Nc1ccccc1F)c1ccc2sc([C@@H]3O[C@H](CO)[C@H](O)[C@H](O)[C@H]3O)nc2c1. The molecule has 1 aliphatic rings. The normalized spacial score (nSPS) is 26.6. The van der Waals surface area contributed by atoms with Crippen molar-refractivity contribution < 1.29 is 34.3 Å². The van der Waals surface area contributed by atoms with Crippen LogP contribution in [0.2, 0.25) is 0 Å². The molecular formula is C20H19FN2O6S. The number of aliphatic hydroxyl groups excluding tert-OH is 4. The number of benzene rings is 2. The van der Waals surface area contributed by atoms with Crippen LogP contribution < -0.4 is 5.32 Å². The first-order valence-corrected chi connectivity index (χ1v) is 9.97. The minimum absolute atomic E-state index is 0.0582. The van der Waals surface area contributed by atoms with Crippen LogP contribution in [0.15, 0.2) is 42.5 Å². The standard InChI is InChI=1S/C20H19FN2O6S/c21-10-3-1-2-4-11(10)22-19(28)9-5-6-14-12(7-9)23-20(30-14)18-17(27)16(26)15(25)13(8-24)29-18/h1-7,13,15-18,24-27H,8H2,(H,22,28)/t13-,15+,16+,17-,18-/m1/s1. The summed E-state index contributed by atoms with van der Waals surface area (Å²) in [6.45, 7) is -0.535. The first-order chi connectivity index (χ1) is 14.4. The molecule has 30 heavy (non-hydrogen) atoms. The lowest BCUT2D eigenvalue weighted by molar-refractivity contribution is -0.231. The van der Waals surface area contributed by atoms with Gasteiger partial charge in [-0.3, -0.25) is 4.79 Å². The maximum Gasteiger partial charge on any atom is 0.255 e. The van der Waals surface area contributed by atoms with Gasteiger partial charge in [0.15, 0.2) is 0 Å². The molecule has 1 fully saturated rings. The Labute approximate surface area is 174 Å². The van der Waals surface area contributed by atoms with Crippen molar-refractivity contribution in [3.8, 4) is 0 Å². The summed E-state index contributed by atoms with van der Waals surface area (Å²) in [5.74, 6) is -1.06. The van der Waals surface area contributed by atoms with E-state index < -0.39 is 48.9 Å².